The first-order valence-corrected chi connectivity index (χ1v) is 35.9. The van der Waals surface area contributed by atoms with Crippen LogP contribution < -0.4 is 0 Å². The van der Waals surface area contributed by atoms with Crippen molar-refractivity contribution in [2.75, 3.05) is 13.2 Å². The molecule has 0 bridgehead atoms. The molecule has 1 atom stereocenters. The van der Waals surface area contributed by atoms with Gasteiger partial charge >= 0.3 is 17.9 Å². The van der Waals surface area contributed by atoms with Gasteiger partial charge in [0.15, 0.2) is 6.10 Å². The predicted molar refractivity (Wildman–Crippen MR) is 358 cm³/mol. The van der Waals surface area contributed by atoms with Crippen LogP contribution in [0.3, 0.4) is 0 Å². The number of ether oxygens (including phenoxy) is 3. The van der Waals surface area contributed by atoms with Gasteiger partial charge in [0, 0.05) is 19.3 Å². The first kappa shape index (κ1) is 78.8. The summed E-state index contributed by atoms with van der Waals surface area (Å²) in [5, 5.41) is 0. The van der Waals surface area contributed by atoms with Crippen LogP contribution in [0, 0.1) is 0 Å². The van der Waals surface area contributed by atoms with Crippen LogP contribution in [-0.4, -0.2) is 37.2 Å². The molecule has 0 N–H and O–H groups in total. The molecule has 0 saturated carbocycles. The lowest BCUT2D eigenvalue weighted by atomic mass is 10.0. The third kappa shape index (κ3) is 67.6. The Morgan fingerprint density at radius 3 is 0.695 bits per heavy atom. The normalized spacial score (nSPS) is 12.5. The predicted octanol–water partition coefficient (Wildman–Crippen LogP) is 24.8. The molecule has 0 amide bonds. The molecule has 0 heterocycles. The van der Waals surface area contributed by atoms with Crippen LogP contribution in [0.5, 0.6) is 0 Å². The maximum absolute atomic E-state index is 13.0. The van der Waals surface area contributed by atoms with E-state index in [9.17, 15) is 14.4 Å². The van der Waals surface area contributed by atoms with E-state index in [-0.39, 0.29) is 31.1 Å². The summed E-state index contributed by atoms with van der Waals surface area (Å²) in [5.74, 6) is -0.869. The second-order valence-electron chi connectivity index (χ2n) is 24.1. The average Bonchev–Trinajstić information content (AvgIpc) is 3.48. The molecule has 0 aliphatic heterocycles. The van der Waals surface area contributed by atoms with Crippen LogP contribution in [0.15, 0.2) is 72.9 Å². The van der Waals surface area contributed by atoms with Gasteiger partial charge in [-0.05, 0) is 116 Å². The summed E-state index contributed by atoms with van der Waals surface area (Å²) in [4.78, 5) is 38.5. The molecule has 82 heavy (non-hydrogen) atoms. The Bertz CT molecular complexity index is 1500. The van der Waals surface area contributed by atoms with Gasteiger partial charge in [0.05, 0.1) is 0 Å². The fourth-order valence-corrected chi connectivity index (χ4v) is 10.5. The van der Waals surface area contributed by atoms with Crippen LogP contribution in [0.1, 0.15) is 374 Å². The number of esters is 3. The molecule has 0 aliphatic carbocycles. The Hall–Kier alpha value is -3.15. The zero-order valence-corrected chi connectivity index (χ0v) is 54.8. The van der Waals surface area contributed by atoms with E-state index in [4.69, 9.17) is 14.2 Å². The monoisotopic (exact) mass is 1150 g/mol. The van der Waals surface area contributed by atoms with E-state index in [1.807, 2.05) is 0 Å². The lowest BCUT2D eigenvalue weighted by molar-refractivity contribution is -0.167. The molecule has 0 aromatic carbocycles. The van der Waals surface area contributed by atoms with Crippen molar-refractivity contribution in [3.05, 3.63) is 72.9 Å². The lowest BCUT2D eigenvalue weighted by Crippen LogP contribution is -2.30. The summed E-state index contributed by atoms with van der Waals surface area (Å²) in [5.41, 5.74) is 0. The highest BCUT2D eigenvalue weighted by molar-refractivity contribution is 5.71. The zero-order valence-electron chi connectivity index (χ0n) is 54.8. The number of hydrogen-bond acceptors (Lipinski definition) is 6. The first-order valence-electron chi connectivity index (χ1n) is 35.9. The van der Waals surface area contributed by atoms with Gasteiger partial charge in [-0.25, -0.2) is 0 Å². The largest absolute Gasteiger partial charge is 0.462 e. The number of allylic oxidation sites excluding steroid dienone is 12. The number of unbranched alkanes of at least 4 members (excludes halogenated alkanes) is 43. The number of hydrogen-bond donors (Lipinski definition) is 0. The van der Waals surface area contributed by atoms with E-state index in [2.05, 4.69) is 93.7 Å². The summed E-state index contributed by atoms with van der Waals surface area (Å²) < 4.78 is 17.0. The van der Waals surface area contributed by atoms with Crippen LogP contribution in [0.25, 0.3) is 0 Å². The van der Waals surface area contributed by atoms with E-state index in [0.29, 0.717) is 19.3 Å². The van der Waals surface area contributed by atoms with E-state index in [1.54, 1.807) is 0 Å². The quantitative estimate of drug-likeness (QED) is 0.0261. The molecular formula is C76H136O6. The summed E-state index contributed by atoms with van der Waals surface area (Å²) in [6.07, 6.45) is 92.1. The van der Waals surface area contributed by atoms with Gasteiger partial charge in [-0.15, -0.1) is 0 Å². The van der Waals surface area contributed by atoms with E-state index in [1.165, 1.54) is 250 Å². The number of rotatable bonds is 66. The van der Waals surface area contributed by atoms with Gasteiger partial charge in [0.1, 0.15) is 13.2 Å². The third-order valence-corrected chi connectivity index (χ3v) is 15.9. The first-order chi connectivity index (χ1) is 40.5. The van der Waals surface area contributed by atoms with E-state index >= 15 is 0 Å². The van der Waals surface area contributed by atoms with Crippen molar-refractivity contribution in [1.82, 2.24) is 0 Å². The molecule has 1 unspecified atom stereocenters. The molecule has 0 aromatic heterocycles. The van der Waals surface area contributed by atoms with Gasteiger partial charge in [0.2, 0.25) is 0 Å². The smallest absolute Gasteiger partial charge is 0.306 e. The fourth-order valence-electron chi connectivity index (χ4n) is 10.5. The molecular weight excluding hydrogens is 1010 g/mol. The number of carbonyl (C=O) groups excluding carboxylic acids is 3. The van der Waals surface area contributed by atoms with Crippen molar-refractivity contribution in [2.24, 2.45) is 0 Å². The highest BCUT2D eigenvalue weighted by atomic mass is 16.6. The Labute approximate surface area is 510 Å². The highest BCUT2D eigenvalue weighted by Gasteiger charge is 2.19. The average molecular weight is 1150 g/mol. The van der Waals surface area contributed by atoms with Crippen LogP contribution in [0.2, 0.25) is 0 Å². The van der Waals surface area contributed by atoms with Crippen LogP contribution in [0.4, 0.5) is 0 Å². The third-order valence-electron chi connectivity index (χ3n) is 15.9. The van der Waals surface area contributed by atoms with Gasteiger partial charge in [0.25, 0.3) is 0 Å². The zero-order chi connectivity index (χ0) is 59.2. The molecule has 0 radical (unpaired) electrons. The van der Waals surface area contributed by atoms with Crippen molar-refractivity contribution in [3.8, 4) is 0 Å². The van der Waals surface area contributed by atoms with Crippen LogP contribution >= 0.6 is 0 Å². The SMILES string of the molecule is CCCCCCC/C=C\C/C=C\C/C=C\CCCCCCCCCCCCCCC(=O)OCC(COC(=O)CCCCCCC/C=C\CCCCCCC)OC(=O)CCCCCCCCCCCCC/C=C\C/C=C\CCCCCCC. The van der Waals surface area contributed by atoms with Crippen LogP contribution in [-0.2, 0) is 28.6 Å². The Morgan fingerprint density at radius 2 is 0.439 bits per heavy atom. The van der Waals surface area contributed by atoms with Crippen molar-refractivity contribution in [1.29, 1.82) is 0 Å². The lowest BCUT2D eigenvalue weighted by Gasteiger charge is -2.18. The summed E-state index contributed by atoms with van der Waals surface area (Å²) >= 11 is 0. The van der Waals surface area contributed by atoms with Gasteiger partial charge in [-0.2, -0.15) is 0 Å². The summed E-state index contributed by atoms with van der Waals surface area (Å²) in [7, 11) is 0. The minimum absolute atomic E-state index is 0.0773. The number of carbonyl (C=O) groups is 3. The molecule has 476 valence electrons. The van der Waals surface area contributed by atoms with E-state index < -0.39 is 6.10 Å². The minimum atomic E-state index is -0.782. The van der Waals surface area contributed by atoms with Crippen molar-refractivity contribution in [3.63, 3.8) is 0 Å². The van der Waals surface area contributed by atoms with Crippen molar-refractivity contribution < 1.29 is 28.6 Å². The Morgan fingerprint density at radius 1 is 0.244 bits per heavy atom. The molecule has 0 aliphatic rings. The molecule has 0 saturated heterocycles. The summed E-state index contributed by atoms with van der Waals surface area (Å²) in [6.45, 7) is 6.65. The Kier molecular flexibility index (Phi) is 67.6. The van der Waals surface area contributed by atoms with Gasteiger partial charge in [-0.1, -0.05) is 312 Å². The molecule has 0 fully saturated rings. The maximum Gasteiger partial charge on any atom is 0.306 e. The van der Waals surface area contributed by atoms with Gasteiger partial charge < -0.3 is 14.2 Å². The molecule has 6 heteroatoms. The highest BCUT2D eigenvalue weighted by Crippen LogP contribution is 2.17. The summed E-state index contributed by atoms with van der Waals surface area (Å²) in [6, 6.07) is 0. The topological polar surface area (TPSA) is 78.9 Å². The second-order valence-corrected chi connectivity index (χ2v) is 24.1. The standard InChI is InChI=1S/C76H136O6/c1-4-7-10-13-16-19-22-25-28-30-32-34-36-37-38-39-41-42-44-46-48-51-54-57-60-63-66-69-75(78)81-72-73(71-80-74(77)68-65-62-59-56-53-50-27-24-21-18-15-12-9-6-3)82-76(79)70-67-64-61-58-55-52-49-47-45-43-40-35-33-31-29-26-23-20-17-14-11-8-5-2/h22-27,30-33,36-37,73H,4-21,28-29,34-35,38-72H2,1-3H3/b25-22-,26-23-,27-24-,32-30-,33-31-,37-36-. The van der Waals surface area contributed by atoms with Gasteiger partial charge in [-0.3, -0.25) is 14.4 Å². The van der Waals surface area contributed by atoms with E-state index in [0.717, 1.165) is 83.5 Å². The second kappa shape index (κ2) is 70.3. The molecule has 0 rings (SSSR count). The molecule has 0 aromatic rings. The van der Waals surface area contributed by atoms with Crippen molar-refractivity contribution in [2.45, 2.75) is 380 Å². The van der Waals surface area contributed by atoms with Crippen molar-refractivity contribution >= 4 is 17.9 Å². The maximum atomic E-state index is 13.0. The fraction of sp³-hybridized carbons (Fsp3) is 0.803. The Balaban J connectivity index is 4.29. The minimum Gasteiger partial charge on any atom is -0.462 e. The molecule has 6 nitrogen and oxygen atoms in total. The molecule has 0 spiro atoms.